The van der Waals surface area contributed by atoms with Gasteiger partial charge in [0.15, 0.2) is 17.3 Å². The number of sulfonamides is 1. The Kier molecular flexibility index (Phi) is 8.94. The normalized spacial score (nSPS) is 12.8. The zero-order valence-corrected chi connectivity index (χ0v) is 20.4. The van der Waals surface area contributed by atoms with Gasteiger partial charge in [-0.2, -0.15) is 0 Å². The largest absolute Gasteiger partial charge is 0.496 e. The van der Waals surface area contributed by atoms with E-state index in [2.05, 4.69) is 5.32 Å². The molecule has 0 amide bonds. The predicted octanol–water partition coefficient (Wildman–Crippen LogP) is 3.74. The highest BCUT2D eigenvalue weighted by Gasteiger charge is 2.39. The van der Waals surface area contributed by atoms with Gasteiger partial charge in [-0.25, -0.2) is 13.6 Å². The first-order valence-electron chi connectivity index (χ1n) is 9.71. The summed E-state index contributed by atoms with van der Waals surface area (Å²) < 4.78 is 64.4. The van der Waals surface area contributed by atoms with Crippen molar-refractivity contribution in [3.63, 3.8) is 0 Å². The predicted molar refractivity (Wildman–Crippen MR) is 121 cm³/mol. The van der Waals surface area contributed by atoms with Gasteiger partial charge in [0.25, 0.3) is 0 Å². The van der Waals surface area contributed by atoms with Crippen molar-refractivity contribution in [2.75, 3.05) is 39.9 Å². The molecule has 1 unspecified atom stereocenters. The van der Waals surface area contributed by atoms with Gasteiger partial charge in [0.05, 0.1) is 39.4 Å². The second kappa shape index (κ2) is 11.0. The lowest BCUT2D eigenvalue weighted by Crippen LogP contribution is -2.17. The summed E-state index contributed by atoms with van der Waals surface area (Å²) in [4.78, 5) is -0.0545. The molecule has 0 saturated heterocycles. The Hall–Kier alpha value is -2.30. The standard InChI is InChI=1S/C20H29N2O8PS/c1-6-29-31(23,30-7-2)20(22-14-8-10-15(11-9-14)32(21,24)25)16-12-18(27-4)19(28-5)13-17(16)26-3/h8-13,20,22H,6-7H2,1-5H3,(H2,21,24,25). The van der Waals surface area contributed by atoms with Gasteiger partial charge in [0, 0.05) is 17.3 Å². The van der Waals surface area contributed by atoms with E-state index in [4.69, 9.17) is 28.4 Å². The highest BCUT2D eigenvalue weighted by atomic mass is 32.2. The van der Waals surface area contributed by atoms with Crippen LogP contribution in [0.3, 0.4) is 0 Å². The molecule has 2 aromatic carbocycles. The lowest BCUT2D eigenvalue weighted by atomic mass is 10.1. The van der Waals surface area contributed by atoms with Gasteiger partial charge in [-0.15, -0.1) is 0 Å². The van der Waals surface area contributed by atoms with E-state index in [0.29, 0.717) is 28.5 Å². The van der Waals surface area contributed by atoms with Crippen LogP contribution in [0.4, 0.5) is 5.69 Å². The summed E-state index contributed by atoms with van der Waals surface area (Å²) in [6.07, 6.45) is 0. The van der Waals surface area contributed by atoms with E-state index < -0.39 is 23.4 Å². The van der Waals surface area contributed by atoms with E-state index in [1.165, 1.54) is 45.6 Å². The average molecular weight is 488 g/mol. The fraction of sp³-hybridized carbons (Fsp3) is 0.400. The van der Waals surface area contributed by atoms with Crippen LogP contribution >= 0.6 is 7.60 Å². The molecule has 0 spiro atoms. The molecule has 2 aromatic rings. The Bertz CT molecular complexity index is 1050. The topological polar surface area (TPSA) is 135 Å². The number of ether oxygens (including phenoxy) is 3. The molecule has 0 aliphatic rings. The van der Waals surface area contributed by atoms with Gasteiger partial charge in [0.1, 0.15) is 5.75 Å². The minimum absolute atomic E-state index is 0.0545. The summed E-state index contributed by atoms with van der Waals surface area (Å²) in [7, 11) is -3.20. The highest BCUT2D eigenvalue weighted by Crippen LogP contribution is 2.62. The number of nitrogens with one attached hydrogen (secondary N) is 1. The van der Waals surface area contributed by atoms with E-state index in [9.17, 15) is 13.0 Å². The van der Waals surface area contributed by atoms with Crippen LogP contribution in [0, 0.1) is 0 Å². The van der Waals surface area contributed by atoms with Gasteiger partial charge < -0.3 is 28.6 Å². The molecule has 32 heavy (non-hydrogen) atoms. The fourth-order valence-electron chi connectivity index (χ4n) is 3.04. The van der Waals surface area contributed by atoms with Crippen LogP contribution in [0.1, 0.15) is 25.2 Å². The van der Waals surface area contributed by atoms with E-state index >= 15 is 0 Å². The fourth-order valence-corrected chi connectivity index (χ4v) is 5.50. The minimum atomic E-state index is -3.86. The summed E-state index contributed by atoms with van der Waals surface area (Å²) in [5.74, 6) is 0.157. The molecule has 12 heteroatoms. The number of anilines is 1. The number of rotatable bonds is 12. The van der Waals surface area contributed by atoms with E-state index in [1.807, 2.05) is 0 Å². The first kappa shape index (κ1) is 26.0. The van der Waals surface area contributed by atoms with Crippen molar-refractivity contribution in [3.8, 4) is 17.2 Å². The van der Waals surface area contributed by atoms with Crippen molar-refractivity contribution in [2.24, 2.45) is 5.14 Å². The first-order valence-corrected chi connectivity index (χ1v) is 12.9. The summed E-state index contributed by atoms with van der Waals surface area (Å²) in [6.45, 7) is 3.68. The molecule has 3 N–H and O–H groups in total. The second-order valence-corrected chi connectivity index (χ2v) is 10.1. The van der Waals surface area contributed by atoms with Crippen molar-refractivity contribution in [1.82, 2.24) is 0 Å². The molecule has 0 fully saturated rings. The Labute approximate surface area is 188 Å². The van der Waals surface area contributed by atoms with Crippen LogP contribution in [0.5, 0.6) is 17.2 Å². The number of nitrogens with two attached hydrogens (primary N) is 1. The molecule has 0 saturated carbocycles. The summed E-state index contributed by atoms with van der Waals surface area (Å²) in [6, 6.07) is 8.91. The molecule has 1 atom stereocenters. The lowest BCUT2D eigenvalue weighted by Gasteiger charge is -2.29. The lowest BCUT2D eigenvalue weighted by molar-refractivity contribution is 0.213. The molecule has 0 radical (unpaired) electrons. The summed E-state index contributed by atoms with van der Waals surface area (Å²) >= 11 is 0. The van der Waals surface area contributed by atoms with Crippen molar-refractivity contribution < 1.29 is 36.2 Å². The quantitative estimate of drug-likeness (QED) is 0.428. The Morgan fingerprint density at radius 2 is 1.41 bits per heavy atom. The number of primary sulfonamides is 1. The van der Waals surface area contributed by atoms with E-state index in [-0.39, 0.29) is 18.1 Å². The summed E-state index contributed by atoms with van der Waals surface area (Å²) in [5.41, 5.74) is 0.893. The van der Waals surface area contributed by atoms with Crippen molar-refractivity contribution in [2.45, 2.75) is 24.5 Å². The SMILES string of the molecule is CCOP(=O)(OCC)C(Nc1ccc(S(N)(=O)=O)cc1)c1cc(OC)c(OC)cc1OC. The van der Waals surface area contributed by atoms with Gasteiger partial charge in [-0.1, -0.05) is 0 Å². The molecular formula is C20H29N2O8PS. The smallest absolute Gasteiger partial charge is 0.357 e. The second-order valence-electron chi connectivity index (χ2n) is 6.44. The zero-order chi connectivity index (χ0) is 23.9. The average Bonchev–Trinajstić information content (AvgIpc) is 2.76. The molecule has 0 aliphatic heterocycles. The van der Waals surface area contributed by atoms with Gasteiger partial charge >= 0.3 is 7.60 Å². The maximum absolute atomic E-state index is 13.8. The monoisotopic (exact) mass is 488 g/mol. The molecule has 0 aliphatic carbocycles. The van der Waals surface area contributed by atoms with Crippen LogP contribution in [0.15, 0.2) is 41.3 Å². The van der Waals surface area contributed by atoms with Crippen molar-refractivity contribution in [1.29, 1.82) is 0 Å². The number of hydrogen-bond donors (Lipinski definition) is 2. The first-order chi connectivity index (χ1) is 15.1. The Morgan fingerprint density at radius 3 is 1.84 bits per heavy atom. The third-order valence-corrected chi connectivity index (χ3v) is 7.66. The van der Waals surface area contributed by atoms with Crippen LogP contribution < -0.4 is 24.7 Å². The summed E-state index contributed by atoms with van der Waals surface area (Å²) in [5, 5.41) is 8.29. The molecular weight excluding hydrogens is 459 g/mol. The molecule has 10 nitrogen and oxygen atoms in total. The molecule has 178 valence electrons. The van der Waals surface area contributed by atoms with E-state index in [1.54, 1.807) is 26.0 Å². The number of methoxy groups -OCH3 is 3. The van der Waals surface area contributed by atoms with Gasteiger partial charge in [0.2, 0.25) is 10.0 Å². The van der Waals surface area contributed by atoms with Crippen LogP contribution in [0.2, 0.25) is 0 Å². The molecule has 0 aromatic heterocycles. The molecule has 0 bridgehead atoms. The minimum Gasteiger partial charge on any atom is -0.496 e. The Morgan fingerprint density at radius 1 is 0.906 bits per heavy atom. The maximum Gasteiger partial charge on any atom is 0.357 e. The highest BCUT2D eigenvalue weighted by molar-refractivity contribution is 7.89. The van der Waals surface area contributed by atoms with Crippen LogP contribution in [-0.2, 0) is 23.6 Å². The maximum atomic E-state index is 13.8. The van der Waals surface area contributed by atoms with Gasteiger partial charge in [-0.05, 0) is 44.2 Å². The van der Waals surface area contributed by atoms with Crippen molar-refractivity contribution in [3.05, 3.63) is 42.0 Å². The van der Waals surface area contributed by atoms with Crippen LogP contribution in [0.25, 0.3) is 0 Å². The van der Waals surface area contributed by atoms with Crippen LogP contribution in [-0.4, -0.2) is 43.0 Å². The number of benzene rings is 2. The molecule has 0 heterocycles. The molecule has 2 rings (SSSR count). The zero-order valence-electron chi connectivity index (χ0n) is 18.7. The van der Waals surface area contributed by atoms with E-state index in [0.717, 1.165) is 0 Å². The number of hydrogen-bond acceptors (Lipinski definition) is 9. The third kappa shape index (κ3) is 5.93. The van der Waals surface area contributed by atoms with Gasteiger partial charge in [-0.3, -0.25) is 4.57 Å². The van der Waals surface area contributed by atoms with Crippen molar-refractivity contribution >= 4 is 23.3 Å². The Balaban J connectivity index is 2.65. The third-order valence-electron chi connectivity index (χ3n) is 4.45.